The maximum absolute atomic E-state index is 11.3. The summed E-state index contributed by atoms with van der Waals surface area (Å²) in [6.07, 6.45) is 0.908. The molecule has 0 amide bonds. The molecule has 2 aromatic rings. The molecule has 0 saturated heterocycles. The number of nitrogens with zero attached hydrogens (tertiary/aromatic N) is 1. The highest BCUT2D eigenvalue weighted by molar-refractivity contribution is 6.44. The number of fused-ring (bicyclic) bond motifs is 1. The fourth-order valence-corrected chi connectivity index (χ4v) is 2.06. The van der Waals surface area contributed by atoms with Crippen LogP contribution in [0.5, 0.6) is 5.75 Å². The first-order chi connectivity index (χ1) is 10.2. The summed E-state index contributed by atoms with van der Waals surface area (Å²) in [5, 5.41) is 14.6. The average Bonchev–Trinajstić information content (AvgIpc) is 2.49. The minimum atomic E-state index is -1.13. The molecule has 0 radical (unpaired) electrons. The van der Waals surface area contributed by atoms with Crippen LogP contribution in [0, 0.1) is 0 Å². The molecule has 0 fully saturated rings. The first-order valence-electron chi connectivity index (χ1n) is 6.67. The standard InChI is InChI=1S/C16H17NO4/c1-3-9-21-12-8-7-11-5-4-6-13(14(11)10-12)15(16(18)19)17-20-2/h4-8,10H,3,9H2,1-2H3,(H,18,19). The second kappa shape index (κ2) is 6.74. The average molecular weight is 287 g/mol. The molecule has 0 unspecified atom stereocenters. The van der Waals surface area contributed by atoms with E-state index in [9.17, 15) is 9.90 Å². The predicted octanol–water partition coefficient (Wildman–Crippen LogP) is 3.06. The number of aliphatic carboxylic acids is 1. The largest absolute Gasteiger partial charge is 0.494 e. The van der Waals surface area contributed by atoms with E-state index < -0.39 is 5.97 Å². The number of benzene rings is 2. The minimum absolute atomic E-state index is 0.129. The molecule has 0 spiro atoms. The Morgan fingerprint density at radius 1 is 1.29 bits per heavy atom. The molecule has 0 saturated carbocycles. The maximum Gasteiger partial charge on any atom is 0.358 e. The smallest absolute Gasteiger partial charge is 0.358 e. The number of rotatable bonds is 6. The van der Waals surface area contributed by atoms with Crippen molar-refractivity contribution in [1.29, 1.82) is 0 Å². The van der Waals surface area contributed by atoms with Gasteiger partial charge in [-0.25, -0.2) is 4.79 Å². The summed E-state index contributed by atoms with van der Waals surface area (Å²) in [6.45, 7) is 2.64. The zero-order chi connectivity index (χ0) is 15.2. The first-order valence-corrected chi connectivity index (χ1v) is 6.67. The number of oxime groups is 1. The van der Waals surface area contributed by atoms with E-state index in [1.54, 1.807) is 12.1 Å². The zero-order valence-electron chi connectivity index (χ0n) is 12.0. The second-order valence-electron chi connectivity index (χ2n) is 4.46. The van der Waals surface area contributed by atoms with Gasteiger partial charge in [0.25, 0.3) is 0 Å². The third kappa shape index (κ3) is 3.31. The lowest BCUT2D eigenvalue weighted by atomic mass is 10.0. The zero-order valence-corrected chi connectivity index (χ0v) is 12.0. The quantitative estimate of drug-likeness (QED) is 0.655. The molecule has 0 aliphatic rings. The summed E-state index contributed by atoms with van der Waals surface area (Å²) in [5.74, 6) is -0.428. The lowest BCUT2D eigenvalue weighted by Gasteiger charge is -2.09. The van der Waals surface area contributed by atoms with Crippen molar-refractivity contribution in [3.8, 4) is 5.75 Å². The number of carboxylic acids is 1. The number of carbonyl (C=O) groups is 1. The number of hydrogen-bond donors (Lipinski definition) is 1. The number of ether oxygens (including phenoxy) is 1. The summed E-state index contributed by atoms with van der Waals surface area (Å²) in [4.78, 5) is 16.0. The molecule has 1 N–H and O–H groups in total. The van der Waals surface area contributed by atoms with Gasteiger partial charge in [0.15, 0.2) is 5.71 Å². The highest BCUT2D eigenvalue weighted by Crippen LogP contribution is 2.25. The molecule has 21 heavy (non-hydrogen) atoms. The molecule has 0 aliphatic heterocycles. The van der Waals surface area contributed by atoms with Crippen molar-refractivity contribution in [2.24, 2.45) is 5.16 Å². The van der Waals surface area contributed by atoms with Crippen LogP contribution in [0.25, 0.3) is 10.8 Å². The molecule has 110 valence electrons. The summed E-state index contributed by atoms with van der Waals surface area (Å²) >= 11 is 0. The van der Waals surface area contributed by atoms with Crippen LogP contribution in [-0.4, -0.2) is 30.5 Å². The van der Waals surface area contributed by atoms with Gasteiger partial charge in [-0.2, -0.15) is 0 Å². The van der Waals surface area contributed by atoms with Crippen molar-refractivity contribution in [2.75, 3.05) is 13.7 Å². The van der Waals surface area contributed by atoms with Gasteiger partial charge in [-0.1, -0.05) is 36.3 Å². The maximum atomic E-state index is 11.3. The van der Waals surface area contributed by atoms with Crippen molar-refractivity contribution in [3.05, 3.63) is 42.0 Å². The Labute approximate surface area is 122 Å². The van der Waals surface area contributed by atoms with Crippen molar-refractivity contribution in [2.45, 2.75) is 13.3 Å². The fraction of sp³-hybridized carbons (Fsp3) is 0.250. The molecule has 0 bridgehead atoms. The molecule has 5 nitrogen and oxygen atoms in total. The number of hydrogen-bond acceptors (Lipinski definition) is 4. The second-order valence-corrected chi connectivity index (χ2v) is 4.46. The van der Waals surface area contributed by atoms with Crippen LogP contribution in [0.3, 0.4) is 0 Å². The Bertz CT molecular complexity index is 679. The van der Waals surface area contributed by atoms with Crippen LogP contribution in [0.4, 0.5) is 0 Å². The van der Waals surface area contributed by atoms with Gasteiger partial charge in [-0.05, 0) is 29.3 Å². The summed E-state index contributed by atoms with van der Waals surface area (Å²) < 4.78 is 5.60. The number of carboxylic acid groups (broad SMARTS) is 1. The van der Waals surface area contributed by atoms with Crippen molar-refractivity contribution < 1.29 is 19.5 Å². The van der Waals surface area contributed by atoms with E-state index in [4.69, 9.17) is 4.74 Å². The van der Waals surface area contributed by atoms with Gasteiger partial charge < -0.3 is 14.7 Å². The molecule has 0 atom stereocenters. The van der Waals surface area contributed by atoms with Gasteiger partial charge in [-0.15, -0.1) is 0 Å². The third-order valence-electron chi connectivity index (χ3n) is 2.97. The van der Waals surface area contributed by atoms with Crippen LogP contribution < -0.4 is 4.74 Å². The Hall–Kier alpha value is -2.56. The van der Waals surface area contributed by atoms with Gasteiger partial charge in [0.1, 0.15) is 12.9 Å². The Morgan fingerprint density at radius 3 is 2.76 bits per heavy atom. The lowest BCUT2D eigenvalue weighted by molar-refractivity contribution is -0.129. The molecule has 0 aliphatic carbocycles. The van der Waals surface area contributed by atoms with Gasteiger partial charge in [0, 0.05) is 5.56 Å². The first kappa shape index (κ1) is 14.8. The Balaban J connectivity index is 2.57. The highest BCUT2D eigenvalue weighted by atomic mass is 16.6. The van der Waals surface area contributed by atoms with Crippen LogP contribution in [0.1, 0.15) is 18.9 Å². The Kier molecular flexibility index (Phi) is 4.77. The molecular formula is C16H17NO4. The molecule has 0 heterocycles. The van der Waals surface area contributed by atoms with E-state index in [-0.39, 0.29) is 5.71 Å². The van der Waals surface area contributed by atoms with Crippen LogP contribution in [0.2, 0.25) is 0 Å². The van der Waals surface area contributed by atoms with Gasteiger partial charge in [0.2, 0.25) is 0 Å². The van der Waals surface area contributed by atoms with Gasteiger partial charge in [-0.3, -0.25) is 0 Å². The molecule has 2 aromatic carbocycles. The van der Waals surface area contributed by atoms with Crippen molar-refractivity contribution >= 4 is 22.5 Å². The van der Waals surface area contributed by atoms with E-state index in [1.165, 1.54) is 7.11 Å². The van der Waals surface area contributed by atoms with Crippen molar-refractivity contribution in [1.82, 2.24) is 0 Å². The van der Waals surface area contributed by atoms with Crippen molar-refractivity contribution in [3.63, 3.8) is 0 Å². The highest BCUT2D eigenvalue weighted by Gasteiger charge is 2.16. The molecule has 2 rings (SSSR count). The minimum Gasteiger partial charge on any atom is -0.494 e. The normalized spacial score (nSPS) is 11.4. The SMILES string of the molecule is CCCOc1ccc2cccc(C(=NOC)C(=O)O)c2c1. The van der Waals surface area contributed by atoms with Crippen LogP contribution in [-0.2, 0) is 9.63 Å². The predicted molar refractivity (Wildman–Crippen MR) is 80.9 cm³/mol. The molecular weight excluding hydrogens is 270 g/mol. The van der Waals surface area contributed by atoms with E-state index in [0.717, 1.165) is 17.2 Å². The topological polar surface area (TPSA) is 68.1 Å². The van der Waals surface area contributed by atoms with Gasteiger partial charge >= 0.3 is 5.97 Å². The molecule has 5 heteroatoms. The van der Waals surface area contributed by atoms with E-state index in [0.29, 0.717) is 17.9 Å². The Morgan fingerprint density at radius 2 is 2.10 bits per heavy atom. The fourth-order valence-electron chi connectivity index (χ4n) is 2.06. The molecule has 0 aromatic heterocycles. The lowest BCUT2D eigenvalue weighted by Crippen LogP contribution is -2.15. The summed E-state index contributed by atoms with van der Waals surface area (Å²) in [6, 6.07) is 11.0. The van der Waals surface area contributed by atoms with Crippen LogP contribution >= 0.6 is 0 Å². The van der Waals surface area contributed by atoms with E-state index in [1.807, 2.05) is 31.2 Å². The summed E-state index contributed by atoms with van der Waals surface area (Å²) in [7, 11) is 1.32. The van der Waals surface area contributed by atoms with E-state index >= 15 is 0 Å². The summed E-state index contributed by atoms with van der Waals surface area (Å²) in [5.41, 5.74) is 0.375. The van der Waals surface area contributed by atoms with Crippen LogP contribution in [0.15, 0.2) is 41.6 Å². The van der Waals surface area contributed by atoms with E-state index in [2.05, 4.69) is 9.99 Å². The monoisotopic (exact) mass is 287 g/mol. The van der Waals surface area contributed by atoms with Gasteiger partial charge in [0.05, 0.1) is 6.61 Å². The third-order valence-corrected chi connectivity index (χ3v) is 2.97.